The van der Waals surface area contributed by atoms with Gasteiger partial charge >= 0.3 is 6.09 Å². The van der Waals surface area contributed by atoms with Crippen LogP contribution in [0.3, 0.4) is 0 Å². The van der Waals surface area contributed by atoms with Crippen LogP contribution in [0.15, 0.2) is 42.7 Å². The van der Waals surface area contributed by atoms with Crippen LogP contribution in [0, 0.1) is 0 Å². The summed E-state index contributed by atoms with van der Waals surface area (Å²) in [6.07, 6.45) is 8.60. The minimum Gasteiger partial charge on any atom is -0.410 e. The maximum absolute atomic E-state index is 12.2. The summed E-state index contributed by atoms with van der Waals surface area (Å²) in [7, 11) is 0. The van der Waals surface area contributed by atoms with Crippen molar-refractivity contribution in [2.75, 3.05) is 0 Å². The van der Waals surface area contributed by atoms with Crippen molar-refractivity contribution in [2.45, 2.75) is 38.1 Å². The summed E-state index contributed by atoms with van der Waals surface area (Å²) in [6, 6.07) is 9.49. The van der Waals surface area contributed by atoms with E-state index in [0.29, 0.717) is 11.6 Å². The monoisotopic (exact) mass is 364 g/mol. The summed E-state index contributed by atoms with van der Waals surface area (Å²) >= 11 is 0. The van der Waals surface area contributed by atoms with Gasteiger partial charge in [-0.1, -0.05) is 31.4 Å². The SMILES string of the molecule is O=C(NC1CCCCC1)Oc1cccc(-c2cncc(-c3nn[nH]n3)c2)c1. The van der Waals surface area contributed by atoms with Gasteiger partial charge in [-0.05, 0) is 41.8 Å². The first-order valence-electron chi connectivity index (χ1n) is 9.05. The predicted molar refractivity (Wildman–Crippen MR) is 98.9 cm³/mol. The van der Waals surface area contributed by atoms with Crippen molar-refractivity contribution < 1.29 is 9.53 Å². The van der Waals surface area contributed by atoms with Crippen molar-refractivity contribution in [1.82, 2.24) is 30.9 Å². The molecule has 8 nitrogen and oxygen atoms in total. The molecule has 1 saturated carbocycles. The number of nitrogens with one attached hydrogen (secondary N) is 2. The third-order valence-electron chi connectivity index (χ3n) is 4.65. The second-order valence-electron chi connectivity index (χ2n) is 6.59. The Kier molecular flexibility index (Phi) is 5.04. The fraction of sp³-hybridized carbons (Fsp3) is 0.316. The van der Waals surface area contributed by atoms with Crippen LogP contribution in [0.4, 0.5) is 4.79 Å². The van der Waals surface area contributed by atoms with Gasteiger partial charge in [-0.2, -0.15) is 5.21 Å². The average Bonchev–Trinajstić information content (AvgIpc) is 3.24. The smallest absolute Gasteiger partial charge is 0.410 e. The van der Waals surface area contributed by atoms with E-state index < -0.39 is 6.09 Å². The van der Waals surface area contributed by atoms with Crippen molar-refractivity contribution in [3.63, 3.8) is 0 Å². The van der Waals surface area contributed by atoms with Gasteiger partial charge in [0.2, 0.25) is 5.82 Å². The summed E-state index contributed by atoms with van der Waals surface area (Å²) in [5, 5.41) is 16.9. The number of rotatable bonds is 4. The number of amides is 1. The third-order valence-corrected chi connectivity index (χ3v) is 4.65. The van der Waals surface area contributed by atoms with Gasteiger partial charge in [-0.15, -0.1) is 10.2 Å². The lowest BCUT2D eigenvalue weighted by atomic mass is 9.96. The lowest BCUT2D eigenvalue weighted by molar-refractivity contribution is 0.192. The molecule has 27 heavy (non-hydrogen) atoms. The molecule has 0 aliphatic heterocycles. The highest BCUT2D eigenvalue weighted by Gasteiger charge is 2.17. The number of aromatic amines is 1. The molecule has 1 fully saturated rings. The Hall–Kier alpha value is -3.29. The molecule has 1 aliphatic rings. The van der Waals surface area contributed by atoms with Crippen molar-refractivity contribution in [3.05, 3.63) is 42.7 Å². The quantitative estimate of drug-likeness (QED) is 0.735. The number of carbonyl (C=O) groups is 1. The molecule has 1 aromatic carbocycles. The fourth-order valence-corrected chi connectivity index (χ4v) is 3.29. The van der Waals surface area contributed by atoms with Gasteiger partial charge in [-0.25, -0.2) is 4.79 Å². The summed E-state index contributed by atoms with van der Waals surface area (Å²) in [4.78, 5) is 16.4. The highest BCUT2D eigenvalue weighted by molar-refractivity contribution is 5.73. The number of nitrogens with zero attached hydrogens (tertiary/aromatic N) is 4. The molecule has 2 N–H and O–H groups in total. The van der Waals surface area contributed by atoms with Crippen LogP contribution in [0.1, 0.15) is 32.1 Å². The Morgan fingerprint density at radius 2 is 1.93 bits per heavy atom. The van der Waals surface area contributed by atoms with Crippen LogP contribution >= 0.6 is 0 Å². The molecule has 0 atom stereocenters. The molecule has 4 rings (SSSR count). The van der Waals surface area contributed by atoms with Gasteiger partial charge < -0.3 is 10.1 Å². The van der Waals surface area contributed by atoms with Crippen molar-refractivity contribution in [3.8, 4) is 28.3 Å². The van der Waals surface area contributed by atoms with Crippen LogP contribution < -0.4 is 10.1 Å². The maximum atomic E-state index is 12.2. The molecule has 0 bridgehead atoms. The van der Waals surface area contributed by atoms with E-state index >= 15 is 0 Å². The molecular weight excluding hydrogens is 344 g/mol. The molecule has 2 aromatic heterocycles. The molecule has 0 radical (unpaired) electrons. The van der Waals surface area contributed by atoms with Gasteiger partial charge in [0, 0.05) is 29.6 Å². The molecular formula is C19H20N6O2. The number of tetrazole rings is 1. The van der Waals surface area contributed by atoms with E-state index in [0.717, 1.165) is 42.4 Å². The molecule has 3 aromatic rings. The van der Waals surface area contributed by atoms with Gasteiger partial charge in [0.1, 0.15) is 5.75 Å². The Balaban J connectivity index is 1.47. The Bertz CT molecular complexity index is 906. The second kappa shape index (κ2) is 7.94. The zero-order valence-corrected chi connectivity index (χ0v) is 14.8. The van der Waals surface area contributed by atoms with E-state index in [2.05, 4.69) is 30.9 Å². The van der Waals surface area contributed by atoms with Crippen molar-refractivity contribution >= 4 is 6.09 Å². The van der Waals surface area contributed by atoms with Crippen LogP contribution in [0.25, 0.3) is 22.5 Å². The number of carbonyl (C=O) groups excluding carboxylic acids is 1. The summed E-state index contributed by atoms with van der Waals surface area (Å²) in [5.41, 5.74) is 2.51. The number of aromatic nitrogens is 5. The topological polar surface area (TPSA) is 106 Å². The van der Waals surface area contributed by atoms with Gasteiger partial charge in [0.25, 0.3) is 0 Å². The second-order valence-corrected chi connectivity index (χ2v) is 6.59. The number of hydrogen-bond donors (Lipinski definition) is 2. The molecule has 138 valence electrons. The molecule has 0 saturated heterocycles. The maximum Gasteiger partial charge on any atom is 0.412 e. The molecule has 1 aliphatic carbocycles. The van der Waals surface area contributed by atoms with Crippen LogP contribution in [0.5, 0.6) is 5.75 Å². The normalized spacial score (nSPS) is 14.7. The standard InChI is InChI=1S/C19H20N6O2/c26-19(21-16-6-2-1-3-7-16)27-17-8-4-5-13(10-17)14-9-15(12-20-11-14)18-22-24-25-23-18/h4-5,8-12,16H,1-3,6-7H2,(H,21,26)(H,22,23,24,25). The minimum absolute atomic E-state index is 0.213. The van der Waals surface area contributed by atoms with E-state index in [1.54, 1.807) is 18.5 Å². The lowest BCUT2D eigenvalue weighted by Crippen LogP contribution is -2.37. The Labute approximate surface area is 156 Å². The van der Waals surface area contributed by atoms with E-state index in [9.17, 15) is 4.79 Å². The number of pyridine rings is 1. The summed E-state index contributed by atoms with van der Waals surface area (Å²) in [5.74, 6) is 0.967. The number of ether oxygens (including phenoxy) is 1. The zero-order valence-electron chi connectivity index (χ0n) is 14.8. The highest BCUT2D eigenvalue weighted by Crippen LogP contribution is 2.26. The zero-order chi connectivity index (χ0) is 18.5. The van der Waals surface area contributed by atoms with Crippen molar-refractivity contribution in [2.24, 2.45) is 0 Å². The summed E-state index contributed by atoms with van der Waals surface area (Å²) < 4.78 is 5.47. The van der Waals surface area contributed by atoms with Crippen LogP contribution in [-0.2, 0) is 0 Å². The number of benzene rings is 1. The van der Waals surface area contributed by atoms with Crippen LogP contribution in [0.2, 0.25) is 0 Å². The van der Waals surface area contributed by atoms with E-state index in [4.69, 9.17) is 4.74 Å². The predicted octanol–water partition coefficient (Wildman–Crippen LogP) is 3.35. The Morgan fingerprint density at radius 3 is 2.74 bits per heavy atom. The summed E-state index contributed by atoms with van der Waals surface area (Å²) in [6.45, 7) is 0. The molecule has 2 heterocycles. The Morgan fingerprint density at radius 1 is 1.07 bits per heavy atom. The van der Waals surface area contributed by atoms with Crippen molar-refractivity contribution in [1.29, 1.82) is 0 Å². The van der Waals surface area contributed by atoms with E-state index in [1.807, 2.05) is 24.3 Å². The number of H-pyrrole nitrogens is 1. The fourth-order valence-electron chi connectivity index (χ4n) is 3.29. The molecule has 0 unspecified atom stereocenters. The third kappa shape index (κ3) is 4.28. The van der Waals surface area contributed by atoms with E-state index in [1.165, 1.54) is 6.42 Å². The first kappa shape index (κ1) is 17.1. The molecule has 8 heteroatoms. The van der Waals surface area contributed by atoms with Gasteiger partial charge in [0.15, 0.2) is 0 Å². The first-order chi connectivity index (χ1) is 13.3. The number of hydrogen-bond acceptors (Lipinski definition) is 6. The lowest BCUT2D eigenvalue weighted by Gasteiger charge is -2.22. The largest absolute Gasteiger partial charge is 0.412 e. The molecule has 1 amide bonds. The minimum atomic E-state index is -0.405. The van der Waals surface area contributed by atoms with Crippen LogP contribution in [-0.4, -0.2) is 37.7 Å². The van der Waals surface area contributed by atoms with Gasteiger partial charge in [0.05, 0.1) is 0 Å². The molecule has 0 spiro atoms. The first-order valence-corrected chi connectivity index (χ1v) is 9.05. The average molecular weight is 364 g/mol. The highest BCUT2D eigenvalue weighted by atomic mass is 16.6. The van der Waals surface area contributed by atoms with Gasteiger partial charge in [-0.3, -0.25) is 4.98 Å². The van der Waals surface area contributed by atoms with E-state index in [-0.39, 0.29) is 6.04 Å².